The zero-order valence-electron chi connectivity index (χ0n) is 14.3. The van der Waals surface area contributed by atoms with Gasteiger partial charge >= 0.3 is 0 Å². The molecule has 0 atom stereocenters. The van der Waals surface area contributed by atoms with Crippen molar-refractivity contribution in [3.8, 4) is 0 Å². The van der Waals surface area contributed by atoms with Gasteiger partial charge in [0.05, 0.1) is 0 Å². The summed E-state index contributed by atoms with van der Waals surface area (Å²) in [5.74, 6) is 0.333. The molecule has 4 rings (SSSR count). The summed E-state index contributed by atoms with van der Waals surface area (Å²) in [7, 11) is 0. The smallest absolute Gasteiger partial charge is 0.223 e. The lowest BCUT2D eigenvalue weighted by Crippen LogP contribution is -2.45. The van der Waals surface area contributed by atoms with Crippen LogP contribution in [-0.4, -0.2) is 41.4 Å². The quantitative estimate of drug-likeness (QED) is 0.822. The molecule has 0 bridgehead atoms. The topological polar surface area (TPSA) is 23.6 Å². The van der Waals surface area contributed by atoms with Crippen molar-refractivity contribution in [2.24, 2.45) is 5.41 Å². The minimum atomic E-state index is 0.235. The fourth-order valence-electron chi connectivity index (χ4n) is 4.90. The molecule has 2 aliphatic heterocycles. The maximum atomic E-state index is 12.5. The average Bonchev–Trinajstić information content (AvgIpc) is 3.20. The molecule has 3 nitrogen and oxygen atoms in total. The fraction of sp³-hybridized carbons (Fsp3) is 0.650. The third-order valence-corrected chi connectivity index (χ3v) is 6.64. The Morgan fingerprint density at radius 2 is 1.75 bits per heavy atom. The number of halogens is 1. The predicted octanol–water partition coefficient (Wildman–Crippen LogP) is 4.10. The standard InChI is InChI=1S/C20H27ClN2O/c21-17-7-5-16(6-8-17)14-23-15-20(13-19(23)24)9-11-22(12-10-20)18-3-1-2-4-18/h5-8,18H,1-4,9-15H2. The molecule has 1 aromatic carbocycles. The number of carbonyl (C=O) groups excluding carboxylic acids is 1. The maximum absolute atomic E-state index is 12.5. The van der Waals surface area contributed by atoms with Crippen molar-refractivity contribution >= 4 is 17.5 Å². The van der Waals surface area contributed by atoms with Crippen LogP contribution in [0.1, 0.15) is 50.5 Å². The summed E-state index contributed by atoms with van der Waals surface area (Å²) in [5, 5.41) is 0.752. The molecule has 1 aromatic rings. The highest BCUT2D eigenvalue weighted by Crippen LogP contribution is 2.42. The summed E-state index contributed by atoms with van der Waals surface area (Å²) in [4.78, 5) is 17.3. The van der Waals surface area contributed by atoms with Crippen LogP contribution in [0.5, 0.6) is 0 Å². The lowest BCUT2D eigenvalue weighted by Gasteiger charge is -2.41. The Kier molecular flexibility index (Phi) is 4.57. The molecule has 24 heavy (non-hydrogen) atoms. The monoisotopic (exact) mass is 346 g/mol. The second-order valence-corrected chi connectivity index (χ2v) is 8.46. The Bertz CT molecular complexity index is 586. The van der Waals surface area contributed by atoms with E-state index < -0.39 is 0 Å². The van der Waals surface area contributed by atoms with E-state index in [-0.39, 0.29) is 5.41 Å². The molecule has 3 aliphatic rings. The van der Waals surface area contributed by atoms with E-state index in [9.17, 15) is 4.79 Å². The summed E-state index contributed by atoms with van der Waals surface area (Å²) in [6, 6.07) is 8.71. The van der Waals surface area contributed by atoms with E-state index in [0.717, 1.165) is 30.6 Å². The largest absolute Gasteiger partial charge is 0.338 e. The molecule has 2 heterocycles. The van der Waals surface area contributed by atoms with Crippen molar-refractivity contribution in [3.63, 3.8) is 0 Å². The average molecular weight is 347 g/mol. The molecule has 0 aromatic heterocycles. The van der Waals surface area contributed by atoms with Gasteiger partial charge < -0.3 is 9.80 Å². The van der Waals surface area contributed by atoms with E-state index in [1.165, 1.54) is 57.2 Å². The lowest BCUT2D eigenvalue weighted by atomic mass is 9.77. The van der Waals surface area contributed by atoms with E-state index in [1.807, 2.05) is 24.3 Å². The zero-order valence-corrected chi connectivity index (χ0v) is 15.1. The molecule has 1 spiro atoms. The van der Waals surface area contributed by atoms with E-state index in [0.29, 0.717) is 5.91 Å². The molecule has 4 heteroatoms. The highest BCUT2D eigenvalue weighted by atomic mass is 35.5. The molecule has 0 unspecified atom stereocenters. The number of likely N-dealkylation sites (tertiary alicyclic amines) is 2. The van der Waals surface area contributed by atoms with Crippen molar-refractivity contribution in [2.45, 2.75) is 57.5 Å². The van der Waals surface area contributed by atoms with E-state index in [4.69, 9.17) is 11.6 Å². The fourth-order valence-corrected chi connectivity index (χ4v) is 5.03. The Hall–Kier alpha value is -1.06. The minimum absolute atomic E-state index is 0.235. The van der Waals surface area contributed by atoms with Gasteiger partial charge in [0.15, 0.2) is 0 Å². The van der Waals surface area contributed by atoms with Crippen LogP contribution in [0.25, 0.3) is 0 Å². The summed E-state index contributed by atoms with van der Waals surface area (Å²) in [5.41, 5.74) is 1.41. The van der Waals surface area contributed by atoms with Crippen LogP contribution >= 0.6 is 11.6 Å². The molecule has 2 saturated heterocycles. The lowest BCUT2D eigenvalue weighted by molar-refractivity contribution is -0.128. The first-order valence-electron chi connectivity index (χ1n) is 9.40. The number of carbonyl (C=O) groups is 1. The highest BCUT2D eigenvalue weighted by Gasteiger charge is 2.45. The van der Waals surface area contributed by atoms with Crippen LogP contribution in [0.3, 0.4) is 0 Å². The van der Waals surface area contributed by atoms with Crippen LogP contribution in [-0.2, 0) is 11.3 Å². The van der Waals surface area contributed by atoms with Gasteiger partial charge in [-0.3, -0.25) is 4.79 Å². The van der Waals surface area contributed by atoms with Crippen LogP contribution in [0.2, 0.25) is 5.02 Å². The van der Waals surface area contributed by atoms with Gasteiger partial charge in [0.1, 0.15) is 0 Å². The number of benzene rings is 1. The van der Waals surface area contributed by atoms with Gasteiger partial charge in [0.2, 0.25) is 5.91 Å². The van der Waals surface area contributed by atoms with E-state index in [2.05, 4.69) is 9.80 Å². The van der Waals surface area contributed by atoms with Crippen LogP contribution in [0.15, 0.2) is 24.3 Å². The number of rotatable bonds is 3. The third-order valence-electron chi connectivity index (χ3n) is 6.39. The first kappa shape index (κ1) is 16.4. The number of amides is 1. The Balaban J connectivity index is 1.36. The number of nitrogens with zero attached hydrogens (tertiary/aromatic N) is 2. The van der Waals surface area contributed by atoms with Crippen LogP contribution in [0, 0.1) is 5.41 Å². The molecule has 130 valence electrons. The molecule has 1 amide bonds. The SMILES string of the molecule is O=C1CC2(CCN(C3CCCC3)CC2)CN1Cc1ccc(Cl)cc1. The van der Waals surface area contributed by atoms with Crippen molar-refractivity contribution in [3.05, 3.63) is 34.9 Å². The zero-order chi connectivity index (χ0) is 16.6. The maximum Gasteiger partial charge on any atom is 0.223 e. The minimum Gasteiger partial charge on any atom is -0.338 e. The third kappa shape index (κ3) is 3.34. The molecule has 1 aliphatic carbocycles. The summed E-state index contributed by atoms with van der Waals surface area (Å²) >= 11 is 5.96. The van der Waals surface area contributed by atoms with Gasteiger partial charge in [0, 0.05) is 30.6 Å². The first-order valence-corrected chi connectivity index (χ1v) is 9.78. The molecule has 0 N–H and O–H groups in total. The molecule has 0 radical (unpaired) electrons. The molecule has 3 fully saturated rings. The van der Waals surface area contributed by atoms with Gasteiger partial charge in [0.25, 0.3) is 0 Å². The van der Waals surface area contributed by atoms with Crippen molar-refractivity contribution in [1.29, 1.82) is 0 Å². The highest BCUT2D eigenvalue weighted by molar-refractivity contribution is 6.30. The molecular weight excluding hydrogens is 320 g/mol. The second-order valence-electron chi connectivity index (χ2n) is 8.03. The van der Waals surface area contributed by atoms with Gasteiger partial charge in [-0.05, 0) is 61.9 Å². The molecular formula is C20H27ClN2O. The van der Waals surface area contributed by atoms with Crippen molar-refractivity contribution < 1.29 is 4.79 Å². The van der Waals surface area contributed by atoms with E-state index in [1.54, 1.807) is 0 Å². The van der Waals surface area contributed by atoms with Gasteiger partial charge in [-0.1, -0.05) is 36.6 Å². The van der Waals surface area contributed by atoms with Gasteiger partial charge in [-0.2, -0.15) is 0 Å². The first-order chi connectivity index (χ1) is 11.6. The summed E-state index contributed by atoms with van der Waals surface area (Å²) in [6.07, 6.45) is 8.69. The Morgan fingerprint density at radius 1 is 1.08 bits per heavy atom. The van der Waals surface area contributed by atoms with Crippen LogP contribution in [0.4, 0.5) is 0 Å². The Morgan fingerprint density at radius 3 is 2.42 bits per heavy atom. The summed E-state index contributed by atoms with van der Waals surface area (Å²) in [6.45, 7) is 4.04. The number of hydrogen-bond donors (Lipinski definition) is 0. The molecule has 1 saturated carbocycles. The number of piperidine rings is 1. The second kappa shape index (κ2) is 6.68. The van der Waals surface area contributed by atoms with Crippen LogP contribution < -0.4 is 0 Å². The summed E-state index contributed by atoms with van der Waals surface area (Å²) < 4.78 is 0. The number of hydrogen-bond acceptors (Lipinski definition) is 2. The van der Waals surface area contributed by atoms with Gasteiger partial charge in [-0.15, -0.1) is 0 Å². The normalized spacial score (nSPS) is 25.0. The Labute approximate surface area is 150 Å². The van der Waals surface area contributed by atoms with Gasteiger partial charge in [-0.25, -0.2) is 0 Å². The van der Waals surface area contributed by atoms with E-state index >= 15 is 0 Å². The van der Waals surface area contributed by atoms with Crippen molar-refractivity contribution in [2.75, 3.05) is 19.6 Å². The predicted molar refractivity (Wildman–Crippen MR) is 97.0 cm³/mol. The van der Waals surface area contributed by atoms with Crippen molar-refractivity contribution in [1.82, 2.24) is 9.80 Å².